The van der Waals surface area contributed by atoms with E-state index in [0.717, 1.165) is 19.1 Å². The molecule has 1 rings (SSSR count). The van der Waals surface area contributed by atoms with Gasteiger partial charge in [0.05, 0.1) is 7.11 Å². The number of carbonyl (C=O) groups is 2. The van der Waals surface area contributed by atoms with E-state index in [-0.39, 0.29) is 18.2 Å². The third-order valence-corrected chi connectivity index (χ3v) is 4.86. The molecule has 3 atom stereocenters. The van der Waals surface area contributed by atoms with Crippen LogP contribution in [0.25, 0.3) is 0 Å². The topological polar surface area (TPSA) is 71.1 Å². The molecule has 0 saturated carbocycles. The molecule has 0 radical (unpaired) electrons. The van der Waals surface area contributed by atoms with Gasteiger partial charge in [0.1, 0.15) is 24.6 Å². The summed E-state index contributed by atoms with van der Waals surface area (Å²) in [6.45, 7) is 3.56. The monoisotopic (exact) mass is 404 g/mol. The Morgan fingerprint density at radius 1 is 1.38 bits per heavy atom. The fraction of sp³-hybridized carbons (Fsp3) is 0.722. The Hall–Kier alpha value is -0.960. The number of esters is 1. The third-order valence-electron chi connectivity index (χ3n) is 3.83. The summed E-state index contributed by atoms with van der Waals surface area (Å²) < 4.78 is 22.5. The molecule has 0 aromatic carbocycles. The largest absolute Gasteiger partial charge is 0.472 e. The van der Waals surface area contributed by atoms with Gasteiger partial charge in [-0.1, -0.05) is 23.9 Å². The summed E-state index contributed by atoms with van der Waals surface area (Å²) in [5.74, 6) is -1.07. The van der Waals surface area contributed by atoms with E-state index in [0.29, 0.717) is 23.6 Å². The minimum Gasteiger partial charge on any atom is -0.472 e. The van der Waals surface area contributed by atoms with E-state index >= 15 is 0 Å². The number of methoxy groups -OCH3 is 1. The number of rotatable bonds is 9. The highest BCUT2D eigenvalue weighted by atomic mass is 32.2. The van der Waals surface area contributed by atoms with E-state index in [1.54, 1.807) is 13.8 Å². The van der Waals surface area contributed by atoms with Crippen molar-refractivity contribution in [3.8, 4) is 0 Å². The lowest BCUT2D eigenvalue weighted by atomic mass is 10.0. The standard InChI is InChI=1S/C18H28O6S2/c1-18(2)23-13(12-19)11-15(24-18)14(22-17(25)26-4)9-7-5-6-8-10-16(20)21-3/h5,7,12-15H,6,8-11H2,1-4H3/b7-5-/t13-,14+,15+/m1/s1. The molecule has 148 valence electrons. The molecule has 1 saturated heterocycles. The number of thioether (sulfide) groups is 1. The maximum Gasteiger partial charge on any atom is 0.305 e. The average molecular weight is 405 g/mol. The van der Waals surface area contributed by atoms with Crippen LogP contribution in [0, 0.1) is 0 Å². The molecule has 0 amide bonds. The summed E-state index contributed by atoms with van der Waals surface area (Å²) in [7, 11) is 1.39. The molecule has 0 aromatic heterocycles. The molecule has 1 aliphatic rings. The smallest absolute Gasteiger partial charge is 0.305 e. The number of unbranched alkanes of at least 4 members (excludes halogenated alkanes) is 1. The van der Waals surface area contributed by atoms with Crippen molar-refractivity contribution in [3.05, 3.63) is 12.2 Å². The fourth-order valence-corrected chi connectivity index (χ4v) is 3.00. The van der Waals surface area contributed by atoms with E-state index < -0.39 is 11.9 Å². The van der Waals surface area contributed by atoms with Crippen LogP contribution in [0.5, 0.6) is 0 Å². The van der Waals surface area contributed by atoms with Crippen molar-refractivity contribution in [1.29, 1.82) is 0 Å². The van der Waals surface area contributed by atoms with Crippen LogP contribution in [0.3, 0.4) is 0 Å². The molecule has 0 aliphatic carbocycles. The predicted octanol–water partition coefficient (Wildman–Crippen LogP) is 3.42. The zero-order valence-corrected chi connectivity index (χ0v) is 17.4. The lowest BCUT2D eigenvalue weighted by molar-refractivity contribution is -0.302. The lowest BCUT2D eigenvalue weighted by Gasteiger charge is -2.41. The number of ether oxygens (including phenoxy) is 4. The lowest BCUT2D eigenvalue weighted by Crippen LogP contribution is -2.50. The van der Waals surface area contributed by atoms with Crippen molar-refractivity contribution in [2.75, 3.05) is 13.4 Å². The molecule has 0 aromatic rings. The van der Waals surface area contributed by atoms with Crippen LogP contribution in [0.1, 0.15) is 46.0 Å². The van der Waals surface area contributed by atoms with Gasteiger partial charge in [-0.2, -0.15) is 0 Å². The van der Waals surface area contributed by atoms with Crippen molar-refractivity contribution < 1.29 is 28.5 Å². The number of allylic oxidation sites excluding steroid dienone is 1. The number of hydrogen-bond acceptors (Lipinski definition) is 8. The van der Waals surface area contributed by atoms with Crippen molar-refractivity contribution >= 4 is 40.6 Å². The molecule has 8 heteroatoms. The van der Waals surface area contributed by atoms with Crippen molar-refractivity contribution in [3.63, 3.8) is 0 Å². The molecule has 6 nitrogen and oxygen atoms in total. The number of aldehydes is 1. The number of carbonyl (C=O) groups excluding carboxylic acids is 2. The summed E-state index contributed by atoms with van der Waals surface area (Å²) in [4.78, 5) is 22.3. The second-order valence-corrected chi connectivity index (χ2v) is 7.78. The molecule has 0 N–H and O–H groups in total. The van der Waals surface area contributed by atoms with Crippen LogP contribution < -0.4 is 0 Å². The van der Waals surface area contributed by atoms with Crippen LogP contribution in [0.2, 0.25) is 0 Å². The van der Waals surface area contributed by atoms with Gasteiger partial charge in [0, 0.05) is 19.3 Å². The summed E-state index contributed by atoms with van der Waals surface area (Å²) in [5.41, 5.74) is 0. The second-order valence-electron chi connectivity index (χ2n) is 6.37. The van der Waals surface area contributed by atoms with Gasteiger partial charge in [-0.15, -0.1) is 0 Å². The average Bonchev–Trinajstić information content (AvgIpc) is 2.61. The molecular formula is C18H28O6S2. The van der Waals surface area contributed by atoms with Crippen LogP contribution >= 0.6 is 24.0 Å². The van der Waals surface area contributed by atoms with Crippen molar-refractivity contribution in [2.45, 2.75) is 70.1 Å². The summed E-state index contributed by atoms with van der Waals surface area (Å²) in [6.07, 6.45) is 8.41. The van der Waals surface area contributed by atoms with Crippen molar-refractivity contribution in [2.24, 2.45) is 0 Å². The Kier molecular flexibility index (Phi) is 10.4. The van der Waals surface area contributed by atoms with Gasteiger partial charge in [-0.25, -0.2) is 0 Å². The first-order valence-corrected chi connectivity index (χ1v) is 10.2. The zero-order chi connectivity index (χ0) is 19.6. The van der Waals surface area contributed by atoms with Crippen LogP contribution in [0.4, 0.5) is 0 Å². The zero-order valence-electron chi connectivity index (χ0n) is 15.8. The van der Waals surface area contributed by atoms with Crippen molar-refractivity contribution in [1.82, 2.24) is 0 Å². The predicted molar refractivity (Wildman–Crippen MR) is 105 cm³/mol. The number of hydrogen-bond donors (Lipinski definition) is 0. The van der Waals surface area contributed by atoms with Gasteiger partial charge in [-0.3, -0.25) is 4.79 Å². The first-order chi connectivity index (χ1) is 12.3. The Bertz CT molecular complexity index is 506. The normalized spacial score (nSPS) is 23.4. The van der Waals surface area contributed by atoms with Gasteiger partial charge in [-0.05, 0) is 45.2 Å². The molecule has 26 heavy (non-hydrogen) atoms. The van der Waals surface area contributed by atoms with Gasteiger partial charge >= 0.3 is 5.97 Å². The second kappa shape index (κ2) is 11.7. The number of thiocarbonyl (C=S) groups is 1. The molecule has 1 aliphatic heterocycles. The first kappa shape index (κ1) is 23.1. The quantitative estimate of drug-likeness (QED) is 0.190. The first-order valence-electron chi connectivity index (χ1n) is 8.58. The Balaban J connectivity index is 2.64. The SMILES string of the molecule is COC(=O)CCC/C=C\C[C@H](OC(=S)SC)[C@@H]1C[C@H](C=O)OC(C)(C)O1. The molecule has 0 bridgehead atoms. The van der Waals surface area contributed by atoms with E-state index in [9.17, 15) is 9.59 Å². The van der Waals surface area contributed by atoms with Crippen LogP contribution in [0.15, 0.2) is 12.2 Å². The van der Waals surface area contributed by atoms with Gasteiger partial charge in [0.2, 0.25) is 4.38 Å². The maximum atomic E-state index is 11.2. The molecule has 1 heterocycles. The highest BCUT2D eigenvalue weighted by molar-refractivity contribution is 8.22. The highest BCUT2D eigenvalue weighted by Crippen LogP contribution is 2.30. The molecular weight excluding hydrogens is 376 g/mol. The minimum atomic E-state index is -0.860. The van der Waals surface area contributed by atoms with Crippen LogP contribution in [-0.4, -0.2) is 54.1 Å². The third kappa shape index (κ3) is 8.62. The maximum absolute atomic E-state index is 11.2. The van der Waals surface area contributed by atoms with E-state index in [2.05, 4.69) is 4.74 Å². The summed E-state index contributed by atoms with van der Waals surface area (Å²) >= 11 is 6.54. The Labute approximate surface area is 165 Å². The van der Waals surface area contributed by atoms with E-state index in [1.165, 1.54) is 18.9 Å². The molecule has 0 unspecified atom stereocenters. The van der Waals surface area contributed by atoms with Gasteiger partial charge in [0.25, 0.3) is 0 Å². The molecule has 1 fully saturated rings. The van der Waals surface area contributed by atoms with E-state index in [4.69, 9.17) is 26.4 Å². The minimum absolute atomic E-state index is 0.206. The summed E-state index contributed by atoms with van der Waals surface area (Å²) in [6, 6.07) is 0. The fourth-order valence-electron chi connectivity index (χ4n) is 2.66. The highest BCUT2D eigenvalue weighted by Gasteiger charge is 2.39. The summed E-state index contributed by atoms with van der Waals surface area (Å²) in [5, 5.41) is 0. The van der Waals surface area contributed by atoms with Crippen LogP contribution in [-0.2, 0) is 28.5 Å². The van der Waals surface area contributed by atoms with Gasteiger partial charge in [0.15, 0.2) is 5.79 Å². The Morgan fingerprint density at radius 2 is 2.12 bits per heavy atom. The van der Waals surface area contributed by atoms with E-state index in [1.807, 2.05) is 18.4 Å². The Morgan fingerprint density at radius 3 is 2.73 bits per heavy atom. The van der Waals surface area contributed by atoms with Gasteiger partial charge < -0.3 is 23.7 Å². The molecule has 0 spiro atoms.